The lowest BCUT2D eigenvalue weighted by molar-refractivity contribution is -0.115. The van der Waals surface area contributed by atoms with Gasteiger partial charge in [-0.15, -0.1) is 0 Å². The van der Waals surface area contributed by atoms with Gasteiger partial charge in [0.25, 0.3) is 0 Å². The number of benzene rings is 2. The number of sulfone groups is 1. The first-order valence-corrected chi connectivity index (χ1v) is 9.60. The predicted octanol–water partition coefficient (Wildman–Crippen LogP) is 2.56. The number of rotatable bonds is 5. The summed E-state index contributed by atoms with van der Waals surface area (Å²) in [4.78, 5) is 12.3. The van der Waals surface area contributed by atoms with Gasteiger partial charge in [0.1, 0.15) is 0 Å². The molecule has 3 N–H and O–H groups in total. The quantitative estimate of drug-likeness (QED) is 0.816. The molecule has 0 atom stereocenters. The minimum atomic E-state index is -3.47. The summed E-state index contributed by atoms with van der Waals surface area (Å²) in [7, 11) is -3.47. The van der Waals surface area contributed by atoms with Crippen molar-refractivity contribution in [3.8, 4) is 0 Å². The van der Waals surface area contributed by atoms with Gasteiger partial charge in [0.2, 0.25) is 5.91 Å². The molecule has 0 aliphatic heterocycles. The van der Waals surface area contributed by atoms with Crippen LogP contribution in [0, 0.1) is 0 Å². The number of amides is 1. The second-order valence-electron chi connectivity index (χ2n) is 5.99. The average molecular weight is 344 g/mol. The molecule has 0 spiro atoms. The van der Waals surface area contributed by atoms with E-state index < -0.39 is 9.84 Å². The molecule has 6 heteroatoms. The lowest BCUT2D eigenvalue weighted by Crippen LogP contribution is -2.18. The number of nitrogens with one attached hydrogen (secondary N) is 1. The molecule has 0 fully saturated rings. The minimum absolute atomic E-state index is 0.103. The van der Waals surface area contributed by atoms with Crippen LogP contribution >= 0.6 is 0 Å². The fourth-order valence-electron chi connectivity index (χ4n) is 2.91. The van der Waals surface area contributed by atoms with Crippen LogP contribution in [0.3, 0.4) is 0 Å². The van der Waals surface area contributed by atoms with E-state index in [9.17, 15) is 13.2 Å². The smallest absolute Gasteiger partial charge is 0.225 e. The van der Waals surface area contributed by atoms with Gasteiger partial charge in [-0.2, -0.15) is 0 Å². The van der Waals surface area contributed by atoms with E-state index in [0.29, 0.717) is 16.3 Å². The first kappa shape index (κ1) is 16.5. The summed E-state index contributed by atoms with van der Waals surface area (Å²) in [6.07, 6.45) is 2.90. The van der Waals surface area contributed by atoms with E-state index in [-0.39, 0.29) is 18.1 Å². The molecule has 5 nitrogen and oxygen atoms in total. The number of anilines is 2. The third-order valence-corrected chi connectivity index (χ3v) is 5.98. The Morgan fingerprint density at radius 2 is 1.83 bits per heavy atom. The van der Waals surface area contributed by atoms with Gasteiger partial charge in [-0.25, -0.2) is 8.42 Å². The molecule has 0 radical (unpaired) electrons. The molecule has 1 aliphatic carbocycles. The maximum absolute atomic E-state index is 12.5. The second-order valence-corrected chi connectivity index (χ2v) is 8.10. The highest BCUT2D eigenvalue weighted by atomic mass is 32.2. The molecule has 0 saturated heterocycles. The van der Waals surface area contributed by atoms with Crippen LogP contribution in [0.25, 0.3) is 0 Å². The molecule has 2 aromatic carbocycles. The molecule has 2 aromatic rings. The first-order valence-electron chi connectivity index (χ1n) is 7.94. The van der Waals surface area contributed by atoms with Gasteiger partial charge in [0.05, 0.1) is 22.0 Å². The number of aryl methyl sites for hydroxylation is 2. The van der Waals surface area contributed by atoms with Gasteiger partial charge < -0.3 is 11.1 Å². The van der Waals surface area contributed by atoms with Crippen molar-refractivity contribution >= 4 is 27.1 Å². The summed E-state index contributed by atoms with van der Waals surface area (Å²) in [5, 5.41) is 2.65. The third-order valence-electron chi connectivity index (χ3n) is 4.26. The molecule has 126 valence electrons. The van der Waals surface area contributed by atoms with Crippen LogP contribution in [0.15, 0.2) is 47.4 Å². The van der Waals surface area contributed by atoms with Gasteiger partial charge in [-0.1, -0.05) is 18.2 Å². The summed E-state index contributed by atoms with van der Waals surface area (Å²) >= 11 is 0. The van der Waals surface area contributed by atoms with E-state index in [4.69, 9.17) is 5.73 Å². The highest BCUT2D eigenvalue weighted by Gasteiger charge is 2.20. The molecule has 0 saturated carbocycles. The molecule has 0 unspecified atom stereocenters. The van der Waals surface area contributed by atoms with Crippen LogP contribution in [-0.4, -0.2) is 20.1 Å². The molecule has 24 heavy (non-hydrogen) atoms. The van der Waals surface area contributed by atoms with Gasteiger partial charge in [0, 0.05) is 6.42 Å². The van der Waals surface area contributed by atoms with Crippen LogP contribution in [0.2, 0.25) is 0 Å². The SMILES string of the molecule is Nc1ccccc1NC(=O)CCS(=O)(=O)c1ccc2c(c1)CCC2. The first-order chi connectivity index (χ1) is 11.5. The van der Waals surface area contributed by atoms with Crippen molar-refractivity contribution in [2.45, 2.75) is 30.6 Å². The van der Waals surface area contributed by atoms with Crippen LogP contribution in [0.4, 0.5) is 11.4 Å². The number of carbonyl (C=O) groups excluding carboxylic acids is 1. The molecule has 3 rings (SSSR count). The molecule has 0 heterocycles. The maximum atomic E-state index is 12.5. The summed E-state index contributed by atoms with van der Waals surface area (Å²) < 4.78 is 24.9. The van der Waals surface area contributed by atoms with E-state index in [1.54, 1.807) is 36.4 Å². The van der Waals surface area contributed by atoms with E-state index in [0.717, 1.165) is 24.8 Å². The number of fused-ring (bicyclic) bond motifs is 1. The summed E-state index contributed by atoms with van der Waals surface area (Å²) in [5.74, 6) is -0.581. The van der Waals surface area contributed by atoms with Crippen LogP contribution in [0.1, 0.15) is 24.0 Å². The van der Waals surface area contributed by atoms with Crippen LogP contribution in [0.5, 0.6) is 0 Å². The Labute approximate surface area is 141 Å². The highest BCUT2D eigenvalue weighted by Crippen LogP contribution is 2.25. The van der Waals surface area contributed by atoms with Crippen molar-refractivity contribution < 1.29 is 13.2 Å². The predicted molar refractivity (Wildman–Crippen MR) is 94.6 cm³/mol. The minimum Gasteiger partial charge on any atom is -0.397 e. The Kier molecular flexibility index (Phi) is 4.57. The number of hydrogen-bond donors (Lipinski definition) is 2. The zero-order chi connectivity index (χ0) is 17.2. The van der Waals surface area contributed by atoms with Crippen molar-refractivity contribution in [3.05, 3.63) is 53.6 Å². The molecular formula is C18H20N2O3S. The Bertz CT molecular complexity index is 876. The molecule has 1 aliphatic rings. The fourth-order valence-corrected chi connectivity index (χ4v) is 4.20. The van der Waals surface area contributed by atoms with Gasteiger partial charge in [-0.05, 0) is 54.7 Å². The normalized spacial score (nSPS) is 13.5. The fraction of sp³-hybridized carbons (Fsp3) is 0.278. The van der Waals surface area contributed by atoms with E-state index in [1.807, 2.05) is 6.07 Å². The van der Waals surface area contributed by atoms with Crippen LogP contribution in [-0.2, 0) is 27.5 Å². The average Bonchev–Trinajstić information content (AvgIpc) is 3.03. The summed E-state index contributed by atoms with van der Waals surface area (Å²) in [6.45, 7) is 0. The molecular weight excluding hydrogens is 324 g/mol. The lowest BCUT2D eigenvalue weighted by atomic mass is 10.1. The number of nitrogen functional groups attached to an aromatic ring is 1. The number of carbonyl (C=O) groups is 1. The Balaban J connectivity index is 1.65. The van der Waals surface area contributed by atoms with Crippen molar-refractivity contribution in [1.29, 1.82) is 0 Å². The van der Waals surface area contributed by atoms with Crippen molar-refractivity contribution in [2.75, 3.05) is 16.8 Å². The second kappa shape index (κ2) is 6.65. The van der Waals surface area contributed by atoms with Gasteiger partial charge in [-0.3, -0.25) is 4.79 Å². The number of hydrogen-bond acceptors (Lipinski definition) is 4. The van der Waals surface area contributed by atoms with Gasteiger partial charge >= 0.3 is 0 Å². The largest absolute Gasteiger partial charge is 0.397 e. The number of para-hydroxylation sites is 2. The molecule has 0 bridgehead atoms. The molecule has 1 amide bonds. The molecule has 0 aromatic heterocycles. The Hall–Kier alpha value is -2.34. The van der Waals surface area contributed by atoms with Gasteiger partial charge in [0.15, 0.2) is 9.84 Å². The topological polar surface area (TPSA) is 89.3 Å². The Morgan fingerprint density at radius 3 is 2.62 bits per heavy atom. The van der Waals surface area contributed by atoms with Crippen molar-refractivity contribution in [1.82, 2.24) is 0 Å². The summed E-state index contributed by atoms with van der Waals surface area (Å²) in [5.41, 5.74) is 9.05. The van der Waals surface area contributed by atoms with Crippen molar-refractivity contribution in [3.63, 3.8) is 0 Å². The number of nitrogens with two attached hydrogens (primary N) is 1. The van der Waals surface area contributed by atoms with Crippen molar-refractivity contribution in [2.24, 2.45) is 0 Å². The standard InChI is InChI=1S/C18H20N2O3S/c19-16-6-1-2-7-17(16)20-18(21)10-11-24(22,23)15-9-8-13-4-3-5-14(13)12-15/h1-2,6-9,12H,3-5,10-11,19H2,(H,20,21). The monoisotopic (exact) mass is 344 g/mol. The summed E-state index contributed by atoms with van der Waals surface area (Å²) in [6, 6.07) is 12.2. The van der Waals surface area contributed by atoms with E-state index in [1.165, 1.54) is 5.56 Å². The Morgan fingerprint density at radius 1 is 1.08 bits per heavy atom. The maximum Gasteiger partial charge on any atom is 0.225 e. The van der Waals surface area contributed by atoms with Crippen LogP contribution < -0.4 is 11.1 Å². The zero-order valence-corrected chi connectivity index (χ0v) is 14.1. The van der Waals surface area contributed by atoms with E-state index >= 15 is 0 Å². The third kappa shape index (κ3) is 3.59. The highest BCUT2D eigenvalue weighted by molar-refractivity contribution is 7.91. The lowest BCUT2D eigenvalue weighted by Gasteiger charge is -2.09. The van der Waals surface area contributed by atoms with E-state index in [2.05, 4.69) is 5.32 Å². The zero-order valence-electron chi connectivity index (χ0n) is 13.3.